The van der Waals surface area contributed by atoms with Crippen LogP contribution in [0.2, 0.25) is 0 Å². The van der Waals surface area contributed by atoms with E-state index in [2.05, 4.69) is 28.2 Å². The van der Waals surface area contributed by atoms with Crippen LogP contribution in [-0.2, 0) is 4.79 Å². The van der Waals surface area contributed by atoms with E-state index < -0.39 is 17.5 Å². The molecule has 2 rings (SSSR count). The number of fused-ring (bicyclic) bond motifs is 1. The Morgan fingerprint density at radius 3 is 2.76 bits per heavy atom. The van der Waals surface area contributed by atoms with Crippen LogP contribution in [-0.4, -0.2) is 31.3 Å². The standard InChI is InChI=1S/C15H18BrFN2O2/c1-3-4-18-7-9(2)8-19-13-11(14(20)15(19)21)5-10(17)6-12(13)16/h5-6,9,18H,3-4,7-8H2,1-2H3. The Balaban J connectivity index is 2.19. The SMILES string of the molecule is CCCNCC(C)CN1C(=O)C(=O)c2cc(F)cc(Br)c21. The maximum absolute atomic E-state index is 13.4. The number of benzene rings is 1. The van der Waals surface area contributed by atoms with Gasteiger partial charge in [-0.15, -0.1) is 0 Å². The fourth-order valence-corrected chi connectivity index (χ4v) is 3.07. The van der Waals surface area contributed by atoms with Crippen LogP contribution in [0.15, 0.2) is 16.6 Å². The quantitative estimate of drug-likeness (QED) is 0.629. The predicted molar refractivity (Wildman–Crippen MR) is 83.1 cm³/mol. The Morgan fingerprint density at radius 2 is 2.10 bits per heavy atom. The molecule has 1 heterocycles. The van der Waals surface area contributed by atoms with Crippen LogP contribution in [0, 0.1) is 11.7 Å². The molecule has 0 aromatic heterocycles. The van der Waals surface area contributed by atoms with Crippen LogP contribution in [0.25, 0.3) is 0 Å². The highest BCUT2D eigenvalue weighted by Crippen LogP contribution is 2.37. The molecule has 1 aliphatic rings. The van der Waals surface area contributed by atoms with Crippen molar-refractivity contribution in [1.82, 2.24) is 5.32 Å². The fourth-order valence-electron chi connectivity index (χ4n) is 2.43. The third kappa shape index (κ3) is 3.32. The molecule has 6 heteroatoms. The highest BCUT2D eigenvalue weighted by atomic mass is 79.9. The van der Waals surface area contributed by atoms with E-state index in [1.54, 1.807) is 0 Å². The molecular formula is C15H18BrFN2O2. The molecule has 0 saturated carbocycles. The molecule has 0 saturated heterocycles. The maximum Gasteiger partial charge on any atom is 0.299 e. The second-order valence-electron chi connectivity index (χ2n) is 5.34. The average Bonchev–Trinajstić information content (AvgIpc) is 2.64. The second-order valence-corrected chi connectivity index (χ2v) is 6.19. The van der Waals surface area contributed by atoms with E-state index in [1.807, 2.05) is 6.92 Å². The second kappa shape index (κ2) is 6.66. The van der Waals surface area contributed by atoms with Crippen LogP contribution >= 0.6 is 15.9 Å². The normalized spacial score (nSPS) is 15.5. The highest BCUT2D eigenvalue weighted by molar-refractivity contribution is 9.10. The number of nitrogens with zero attached hydrogens (tertiary/aromatic N) is 1. The first-order chi connectivity index (χ1) is 9.95. The van der Waals surface area contributed by atoms with Crippen LogP contribution < -0.4 is 10.2 Å². The first kappa shape index (κ1) is 16.1. The molecule has 4 nitrogen and oxygen atoms in total. The first-order valence-corrected chi connectivity index (χ1v) is 7.81. The summed E-state index contributed by atoms with van der Waals surface area (Å²) in [4.78, 5) is 25.5. The zero-order valence-corrected chi connectivity index (χ0v) is 13.7. The lowest BCUT2D eigenvalue weighted by Crippen LogP contribution is -2.37. The van der Waals surface area contributed by atoms with Crippen molar-refractivity contribution in [1.29, 1.82) is 0 Å². The number of rotatable bonds is 6. The van der Waals surface area contributed by atoms with Gasteiger partial charge in [0.1, 0.15) is 5.82 Å². The molecule has 1 N–H and O–H groups in total. The Hall–Kier alpha value is -1.27. The Kier molecular flexibility index (Phi) is 5.11. The summed E-state index contributed by atoms with van der Waals surface area (Å²) >= 11 is 3.25. The van der Waals surface area contributed by atoms with Gasteiger partial charge in [-0.05, 0) is 53.5 Å². The summed E-state index contributed by atoms with van der Waals surface area (Å²) < 4.78 is 13.8. The largest absolute Gasteiger partial charge is 0.316 e. The molecule has 1 aromatic rings. The van der Waals surface area contributed by atoms with E-state index in [0.29, 0.717) is 16.7 Å². The van der Waals surface area contributed by atoms with Gasteiger partial charge in [-0.2, -0.15) is 0 Å². The van der Waals surface area contributed by atoms with Gasteiger partial charge in [0, 0.05) is 11.0 Å². The van der Waals surface area contributed by atoms with Crippen LogP contribution in [0.1, 0.15) is 30.6 Å². The van der Waals surface area contributed by atoms with Crippen molar-refractivity contribution >= 4 is 33.3 Å². The van der Waals surface area contributed by atoms with E-state index in [9.17, 15) is 14.0 Å². The van der Waals surface area contributed by atoms with Crippen molar-refractivity contribution in [3.63, 3.8) is 0 Å². The molecule has 0 fully saturated rings. The Morgan fingerprint density at radius 1 is 1.38 bits per heavy atom. The molecule has 1 aromatic carbocycles. The summed E-state index contributed by atoms with van der Waals surface area (Å²) in [7, 11) is 0. The molecular weight excluding hydrogens is 339 g/mol. The number of hydrogen-bond donors (Lipinski definition) is 1. The number of nitrogens with one attached hydrogen (secondary N) is 1. The van der Waals surface area contributed by atoms with Crippen LogP contribution in [0.5, 0.6) is 0 Å². The zero-order chi connectivity index (χ0) is 15.6. The monoisotopic (exact) mass is 356 g/mol. The van der Waals surface area contributed by atoms with Gasteiger partial charge in [0.2, 0.25) is 0 Å². The van der Waals surface area contributed by atoms with Crippen molar-refractivity contribution in [2.45, 2.75) is 20.3 Å². The number of ketones is 1. The minimum atomic E-state index is -0.640. The van der Waals surface area contributed by atoms with Gasteiger partial charge in [0.05, 0.1) is 11.3 Å². The first-order valence-electron chi connectivity index (χ1n) is 7.01. The summed E-state index contributed by atoms with van der Waals surface area (Å²) in [5.74, 6) is -1.56. The third-order valence-corrected chi connectivity index (χ3v) is 4.00. The molecule has 0 radical (unpaired) electrons. The summed E-state index contributed by atoms with van der Waals surface area (Å²) in [6.07, 6.45) is 1.04. The number of amides is 1. The van der Waals surface area contributed by atoms with Crippen LogP contribution in [0.3, 0.4) is 0 Å². The molecule has 0 aliphatic carbocycles. The summed E-state index contributed by atoms with van der Waals surface area (Å²) in [5.41, 5.74) is 0.620. The number of carbonyl (C=O) groups is 2. The number of halogens is 2. The van der Waals surface area contributed by atoms with Crippen molar-refractivity contribution < 1.29 is 14.0 Å². The van der Waals surface area contributed by atoms with Crippen molar-refractivity contribution in [2.75, 3.05) is 24.5 Å². The number of anilines is 1. The van der Waals surface area contributed by atoms with Gasteiger partial charge in [-0.3, -0.25) is 9.59 Å². The topological polar surface area (TPSA) is 49.4 Å². The third-order valence-electron chi connectivity index (χ3n) is 3.40. The van der Waals surface area contributed by atoms with E-state index in [4.69, 9.17) is 0 Å². The molecule has 1 amide bonds. The summed E-state index contributed by atoms with van der Waals surface area (Å²) in [6.45, 7) is 6.21. The smallest absolute Gasteiger partial charge is 0.299 e. The molecule has 1 atom stereocenters. The van der Waals surface area contributed by atoms with Gasteiger partial charge in [0.25, 0.3) is 11.7 Å². The van der Waals surface area contributed by atoms with Crippen molar-refractivity contribution in [3.8, 4) is 0 Å². The molecule has 1 unspecified atom stereocenters. The van der Waals surface area contributed by atoms with Gasteiger partial charge in [-0.1, -0.05) is 13.8 Å². The fraction of sp³-hybridized carbons (Fsp3) is 0.467. The van der Waals surface area contributed by atoms with Gasteiger partial charge in [-0.25, -0.2) is 4.39 Å². The van der Waals surface area contributed by atoms with Crippen molar-refractivity contribution in [3.05, 3.63) is 28.0 Å². The van der Waals surface area contributed by atoms with E-state index in [1.165, 1.54) is 11.0 Å². The van der Waals surface area contributed by atoms with Gasteiger partial charge >= 0.3 is 0 Å². The van der Waals surface area contributed by atoms with Gasteiger partial charge in [0.15, 0.2) is 0 Å². The number of hydrogen-bond acceptors (Lipinski definition) is 3. The molecule has 0 spiro atoms. The van der Waals surface area contributed by atoms with Gasteiger partial charge < -0.3 is 10.2 Å². The predicted octanol–water partition coefficient (Wildman–Crippen LogP) is 2.75. The van der Waals surface area contributed by atoms with E-state index in [0.717, 1.165) is 25.6 Å². The number of Topliss-reactive ketones (excluding diaryl/α,β-unsaturated/α-hetero) is 1. The lowest BCUT2D eigenvalue weighted by atomic mass is 10.1. The Labute approximate surface area is 131 Å². The van der Waals surface area contributed by atoms with Crippen molar-refractivity contribution in [2.24, 2.45) is 5.92 Å². The minimum Gasteiger partial charge on any atom is -0.316 e. The lowest BCUT2D eigenvalue weighted by Gasteiger charge is -2.22. The lowest BCUT2D eigenvalue weighted by molar-refractivity contribution is -0.114. The average molecular weight is 357 g/mol. The van der Waals surface area contributed by atoms with Crippen LogP contribution in [0.4, 0.5) is 10.1 Å². The number of carbonyl (C=O) groups excluding carboxylic acids is 2. The molecule has 114 valence electrons. The minimum absolute atomic E-state index is 0.139. The maximum atomic E-state index is 13.4. The summed E-state index contributed by atoms with van der Waals surface area (Å²) in [6, 6.07) is 2.40. The van der Waals surface area contributed by atoms with E-state index >= 15 is 0 Å². The molecule has 21 heavy (non-hydrogen) atoms. The molecule has 1 aliphatic heterocycles. The summed E-state index contributed by atoms with van der Waals surface area (Å²) in [5, 5.41) is 3.29. The van der Waals surface area contributed by atoms with E-state index in [-0.39, 0.29) is 11.5 Å². The molecule has 0 bridgehead atoms. The highest BCUT2D eigenvalue weighted by Gasteiger charge is 2.38. The zero-order valence-electron chi connectivity index (χ0n) is 12.1. The Bertz CT molecular complexity index is 577.